The first-order valence-electron chi connectivity index (χ1n) is 10.2. The van der Waals surface area contributed by atoms with E-state index in [-0.39, 0.29) is 23.0 Å². The lowest BCUT2D eigenvalue weighted by atomic mass is 10.3. The molecule has 1 aliphatic heterocycles. The lowest BCUT2D eigenvalue weighted by molar-refractivity contribution is -0.116. The maximum Gasteiger partial charge on any atom is 0.239 e. The summed E-state index contributed by atoms with van der Waals surface area (Å²) >= 11 is 2.39. The molecule has 32 heavy (non-hydrogen) atoms. The zero-order valence-corrected chi connectivity index (χ0v) is 18.9. The van der Waals surface area contributed by atoms with Gasteiger partial charge in [-0.2, -0.15) is 0 Å². The Balaban J connectivity index is 1.49. The number of ether oxygens (including phenoxy) is 1. The summed E-state index contributed by atoms with van der Waals surface area (Å²) in [5.74, 6) is -1.84. The van der Waals surface area contributed by atoms with E-state index >= 15 is 0 Å². The van der Waals surface area contributed by atoms with Crippen LogP contribution in [0.1, 0.15) is 6.42 Å². The zero-order valence-electron chi connectivity index (χ0n) is 17.2. The van der Waals surface area contributed by atoms with E-state index in [1.165, 1.54) is 30.0 Å². The first-order chi connectivity index (χ1) is 15.5. The van der Waals surface area contributed by atoms with E-state index in [4.69, 9.17) is 4.74 Å². The van der Waals surface area contributed by atoms with Gasteiger partial charge in [0.25, 0.3) is 0 Å². The van der Waals surface area contributed by atoms with Crippen molar-refractivity contribution in [2.24, 2.45) is 0 Å². The van der Waals surface area contributed by atoms with E-state index < -0.39 is 11.6 Å². The van der Waals surface area contributed by atoms with E-state index in [2.05, 4.69) is 9.88 Å². The SMILES string of the molecule is O=C(CSc1ccc(F)cc1)N(CCCN1CCOCC1)c1nc2c(F)cc(F)cc2s1. The number of morpholine rings is 1. The number of benzene rings is 2. The maximum absolute atomic E-state index is 14.2. The van der Waals surface area contributed by atoms with Gasteiger partial charge in [0, 0.05) is 37.1 Å². The number of carbonyl (C=O) groups excluding carboxylic acids is 1. The van der Waals surface area contributed by atoms with Crippen LogP contribution < -0.4 is 4.90 Å². The second-order valence-corrected chi connectivity index (χ2v) is 9.38. The number of rotatable bonds is 8. The molecule has 1 saturated heterocycles. The molecule has 2 aromatic carbocycles. The molecule has 0 unspecified atom stereocenters. The number of nitrogens with zero attached hydrogens (tertiary/aromatic N) is 3. The molecule has 1 aliphatic rings. The van der Waals surface area contributed by atoms with Gasteiger partial charge in [-0.3, -0.25) is 14.6 Å². The molecule has 4 rings (SSSR count). The predicted octanol–water partition coefficient (Wildman–Crippen LogP) is 4.56. The first-order valence-corrected chi connectivity index (χ1v) is 12.0. The van der Waals surface area contributed by atoms with Crippen LogP contribution in [0.25, 0.3) is 10.2 Å². The topological polar surface area (TPSA) is 45.7 Å². The number of carbonyl (C=O) groups is 1. The van der Waals surface area contributed by atoms with Gasteiger partial charge in [-0.1, -0.05) is 11.3 Å². The van der Waals surface area contributed by atoms with Crippen molar-refractivity contribution >= 4 is 44.4 Å². The number of amides is 1. The smallest absolute Gasteiger partial charge is 0.239 e. The minimum absolute atomic E-state index is 0.0589. The summed E-state index contributed by atoms with van der Waals surface area (Å²) in [5, 5.41) is 0.344. The standard InChI is InChI=1S/C22H22F3N3O2S2/c23-15-2-4-17(5-3-15)31-14-20(29)28(7-1-6-27-8-10-30-11-9-27)22-26-21-18(25)12-16(24)13-19(21)32-22/h2-5,12-13H,1,6-11,14H2. The average Bonchev–Trinajstić information content (AvgIpc) is 3.21. The number of aromatic nitrogens is 1. The van der Waals surface area contributed by atoms with E-state index in [1.807, 2.05) is 0 Å². The van der Waals surface area contributed by atoms with Gasteiger partial charge in [0.1, 0.15) is 17.2 Å². The van der Waals surface area contributed by atoms with Crippen LogP contribution in [0.2, 0.25) is 0 Å². The van der Waals surface area contributed by atoms with Gasteiger partial charge in [0.15, 0.2) is 10.9 Å². The summed E-state index contributed by atoms with van der Waals surface area (Å²) in [6, 6.07) is 7.94. The molecule has 5 nitrogen and oxygen atoms in total. The lowest BCUT2D eigenvalue weighted by Gasteiger charge is -2.27. The Bertz CT molecular complexity index is 1070. The van der Waals surface area contributed by atoms with E-state index in [1.54, 1.807) is 17.0 Å². The number of thioether (sulfide) groups is 1. The lowest BCUT2D eigenvalue weighted by Crippen LogP contribution is -2.39. The highest BCUT2D eigenvalue weighted by atomic mass is 32.2. The van der Waals surface area contributed by atoms with E-state index in [0.717, 1.165) is 41.9 Å². The van der Waals surface area contributed by atoms with Crippen molar-refractivity contribution in [3.8, 4) is 0 Å². The van der Waals surface area contributed by atoms with Crippen molar-refractivity contribution < 1.29 is 22.7 Å². The van der Waals surface area contributed by atoms with Crippen molar-refractivity contribution in [1.82, 2.24) is 9.88 Å². The second kappa shape index (κ2) is 10.7. The third-order valence-corrected chi connectivity index (χ3v) is 7.09. The van der Waals surface area contributed by atoms with Crippen molar-refractivity contribution in [2.45, 2.75) is 11.3 Å². The molecule has 10 heteroatoms. The molecule has 0 N–H and O–H groups in total. The van der Waals surface area contributed by atoms with Crippen LogP contribution in [0.15, 0.2) is 41.3 Å². The fourth-order valence-corrected chi connectivity index (χ4v) is 5.24. The zero-order chi connectivity index (χ0) is 22.5. The van der Waals surface area contributed by atoms with Crippen LogP contribution in [0, 0.1) is 17.5 Å². The van der Waals surface area contributed by atoms with Gasteiger partial charge >= 0.3 is 0 Å². The summed E-state index contributed by atoms with van der Waals surface area (Å²) < 4.78 is 46.6. The second-order valence-electron chi connectivity index (χ2n) is 7.33. The summed E-state index contributed by atoms with van der Waals surface area (Å²) in [6.07, 6.45) is 0.708. The number of halogens is 3. The molecule has 3 aromatic rings. The van der Waals surface area contributed by atoms with Crippen LogP contribution >= 0.6 is 23.1 Å². The van der Waals surface area contributed by atoms with Gasteiger partial charge in [-0.05, 0) is 36.8 Å². The normalized spacial score (nSPS) is 14.7. The Kier molecular flexibility index (Phi) is 7.67. The summed E-state index contributed by atoms with van der Waals surface area (Å²) in [7, 11) is 0. The number of hydrogen-bond acceptors (Lipinski definition) is 6. The molecule has 2 heterocycles. The number of hydrogen-bond donors (Lipinski definition) is 0. The Morgan fingerprint density at radius 3 is 2.62 bits per heavy atom. The number of anilines is 1. The molecular formula is C22H22F3N3O2S2. The summed E-state index contributed by atoms with van der Waals surface area (Å²) in [5.41, 5.74) is 0.0589. The van der Waals surface area contributed by atoms with Crippen LogP contribution in [-0.4, -0.2) is 60.9 Å². The van der Waals surface area contributed by atoms with Gasteiger partial charge in [0.05, 0.1) is 23.7 Å². The molecule has 1 aromatic heterocycles. The van der Waals surface area contributed by atoms with Gasteiger partial charge in [-0.15, -0.1) is 11.8 Å². The molecular weight excluding hydrogens is 459 g/mol. The highest BCUT2D eigenvalue weighted by molar-refractivity contribution is 8.00. The average molecular weight is 482 g/mol. The van der Waals surface area contributed by atoms with E-state index in [9.17, 15) is 18.0 Å². The molecule has 0 atom stereocenters. The van der Waals surface area contributed by atoms with Crippen LogP contribution in [0.3, 0.4) is 0 Å². The summed E-state index contributed by atoms with van der Waals surface area (Å²) in [4.78, 5) is 22.0. The summed E-state index contributed by atoms with van der Waals surface area (Å²) in [6.45, 7) is 4.29. The molecule has 0 aliphatic carbocycles. The third-order valence-electron chi connectivity index (χ3n) is 5.07. The molecule has 1 amide bonds. The quantitative estimate of drug-likeness (QED) is 0.442. The van der Waals surface area contributed by atoms with Gasteiger partial charge < -0.3 is 4.74 Å². The minimum atomic E-state index is -0.746. The van der Waals surface area contributed by atoms with Crippen LogP contribution in [0.5, 0.6) is 0 Å². The van der Waals surface area contributed by atoms with Gasteiger partial charge in [0.2, 0.25) is 5.91 Å². The van der Waals surface area contributed by atoms with Gasteiger partial charge in [-0.25, -0.2) is 18.2 Å². The molecule has 0 radical (unpaired) electrons. The Morgan fingerprint density at radius 2 is 1.88 bits per heavy atom. The predicted molar refractivity (Wildman–Crippen MR) is 121 cm³/mol. The monoisotopic (exact) mass is 481 g/mol. The highest BCUT2D eigenvalue weighted by Gasteiger charge is 2.22. The van der Waals surface area contributed by atoms with Crippen molar-refractivity contribution in [3.63, 3.8) is 0 Å². The molecule has 0 bridgehead atoms. The fourth-order valence-electron chi connectivity index (χ4n) is 3.42. The minimum Gasteiger partial charge on any atom is -0.379 e. The number of thiazole rings is 1. The highest BCUT2D eigenvalue weighted by Crippen LogP contribution is 2.32. The fraction of sp³-hybridized carbons (Fsp3) is 0.364. The van der Waals surface area contributed by atoms with Crippen LogP contribution in [0.4, 0.5) is 18.3 Å². The van der Waals surface area contributed by atoms with Crippen molar-refractivity contribution in [1.29, 1.82) is 0 Å². The molecule has 170 valence electrons. The molecule has 1 fully saturated rings. The Morgan fingerprint density at radius 1 is 1.12 bits per heavy atom. The largest absolute Gasteiger partial charge is 0.379 e. The van der Waals surface area contributed by atoms with Crippen molar-refractivity contribution in [2.75, 3.05) is 50.0 Å². The Hall–Kier alpha value is -2.14. The van der Waals surface area contributed by atoms with Crippen LogP contribution in [-0.2, 0) is 9.53 Å². The molecule has 0 saturated carbocycles. The van der Waals surface area contributed by atoms with E-state index in [0.29, 0.717) is 36.0 Å². The van der Waals surface area contributed by atoms with Crippen molar-refractivity contribution in [3.05, 3.63) is 53.8 Å². The number of fused-ring (bicyclic) bond motifs is 1. The third kappa shape index (κ3) is 5.80. The maximum atomic E-state index is 14.2. The first kappa shape index (κ1) is 23.0. The molecule has 0 spiro atoms. The Labute approximate surface area is 192 Å².